The van der Waals surface area contributed by atoms with Gasteiger partial charge in [0.25, 0.3) is 0 Å². The predicted octanol–water partition coefficient (Wildman–Crippen LogP) is 3.92. The van der Waals surface area contributed by atoms with Crippen molar-refractivity contribution < 1.29 is 0 Å². The highest BCUT2D eigenvalue weighted by Crippen LogP contribution is 2.41. The molecule has 1 nitrogen and oxygen atoms in total. The van der Waals surface area contributed by atoms with Crippen molar-refractivity contribution in [2.45, 2.75) is 23.5 Å². The molecule has 0 bridgehead atoms. The van der Waals surface area contributed by atoms with E-state index in [-0.39, 0.29) is 0 Å². The van der Waals surface area contributed by atoms with E-state index >= 15 is 0 Å². The Morgan fingerprint density at radius 2 is 2.33 bits per heavy atom. The van der Waals surface area contributed by atoms with Crippen molar-refractivity contribution in [3.8, 4) is 0 Å². The van der Waals surface area contributed by atoms with Crippen LogP contribution < -0.4 is 0 Å². The minimum absolute atomic E-state index is 0.659. The molecule has 1 unspecified atom stereocenters. The van der Waals surface area contributed by atoms with E-state index in [0.717, 1.165) is 17.0 Å². The monoisotopic (exact) mass is 235 g/mol. The van der Waals surface area contributed by atoms with Gasteiger partial charge in [-0.1, -0.05) is 30.7 Å². The van der Waals surface area contributed by atoms with Gasteiger partial charge in [-0.25, -0.2) is 0 Å². The minimum Gasteiger partial charge on any atom is -0.254 e. The number of thioether (sulfide) groups is 1. The predicted molar refractivity (Wildman–Crippen MR) is 65.8 cm³/mol. The van der Waals surface area contributed by atoms with Gasteiger partial charge in [-0.3, -0.25) is 4.98 Å². The maximum atomic E-state index is 6.12. The van der Waals surface area contributed by atoms with Gasteiger partial charge in [0.1, 0.15) is 0 Å². The molecule has 1 aliphatic rings. The summed E-state index contributed by atoms with van der Waals surface area (Å²) in [5.74, 6) is 0. The first-order chi connectivity index (χ1) is 7.25. The lowest BCUT2D eigenvalue weighted by Crippen LogP contribution is -1.91. The Kier molecular flexibility index (Phi) is 2.15. The Morgan fingerprint density at radius 3 is 3.20 bits per heavy atom. The molecule has 2 aromatic rings. The summed E-state index contributed by atoms with van der Waals surface area (Å²) in [6.45, 7) is 2.25. The van der Waals surface area contributed by atoms with E-state index in [0.29, 0.717) is 5.25 Å². The van der Waals surface area contributed by atoms with Gasteiger partial charge < -0.3 is 0 Å². The van der Waals surface area contributed by atoms with Crippen LogP contribution in [0.5, 0.6) is 0 Å². The van der Waals surface area contributed by atoms with Crippen molar-refractivity contribution in [3.05, 3.63) is 35.0 Å². The summed E-state index contributed by atoms with van der Waals surface area (Å²) in [6.07, 6.45) is 3.09. The van der Waals surface area contributed by atoms with E-state index in [2.05, 4.69) is 18.0 Å². The molecule has 0 saturated carbocycles. The SMILES string of the molecule is CC1Cc2cnc3c(Cl)cccc3c2S1. The first kappa shape index (κ1) is 9.49. The van der Waals surface area contributed by atoms with Crippen molar-refractivity contribution in [1.82, 2.24) is 4.98 Å². The summed E-state index contributed by atoms with van der Waals surface area (Å²) in [4.78, 5) is 5.81. The van der Waals surface area contributed by atoms with Gasteiger partial charge in [0.15, 0.2) is 0 Å². The molecule has 2 heterocycles. The lowest BCUT2D eigenvalue weighted by atomic mass is 10.1. The van der Waals surface area contributed by atoms with Gasteiger partial charge in [-0.2, -0.15) is 0 Å². The van der Waals surface area contributed by atoms with Gasteiger partial charge in [-0.15, -0.1) is 11.8 Å². The largest absolute Gasteiger partial charge is 0.254 e. The Bertz CT molecular complexity index is 538. The second-order valence-electron chi connectivity index (χ2n) is 3.88. The van der Waals surface area contributed by atoms with E-state index < -0.39 is 0 Å². The summed E-state index contributed by atoms with van der Waals surface area (Å²) in [7, 11) is 0. The molecule has 0 amide bonds. The highest BCUT2D eigenvalue weighted by atomic mass is 35.5. The third-order valence-corrected chi connectivity index (χ3v) is 4.29. The zero-order valence-corrected chi connectivity index (χ0v) is 9.90. The molecule has 1 atom stereocenters. The minimum atomic E-state index is 0.659. The van der Waals surface area contributed by atoms with Crippen LogP contribution in [0.4, 0.5) is 0 Å². The van der Waals surface area contributed by atoms with Crippen molar-refractivity contribution in [3.63, 3.8) is 0 Å². The van der Waals surface area contributed by atoms with Crippen LogP contribution in [-0.4, -0.2) is 10.2 Å². The van der Waals surface area contributed by atoms with Crippen LogP contribution in [0.3, 0.4) is 0 Å². The lowest BCUT2D eigenvalue weighted by Gasteiger charge is -2.04. The van der Waals surface area contributed by atoms with E-state index in [1.54, 1.807) is 0 Å². The first-order valence-corrected chi connectivity index (χ1v) is 6.24. The van der Waals surface area contributed by atoms with E-state index in [1.807, 2.05) is 30.1 Å². The Hall–Kier alpha value is -0.730. The number of hydrogen-bond acceptors (Lipinski definition) is 2. The summed E-state index contributed by atoms with van der Waals surface area (Å²) in [6, 6.07) is 6.00. The molecule has 15 heavy (non-hydrogen) atoms. The Labute approximate surface area is 97.8 Å². The average Bonchev–Trinajstić information content (AvgIpc) is 2.59. The van der Waals surface area contributed by atoms with Crippen LogP contribution in [0, 0.1) is 0 Å². The van der Waals surface area contributed by atoms with Gasteiger partial charge in [0.05, 0.1) is 10.5 Å². The van der Waals surface area contributed by atoms with Crippen LogP contribution in [-0.2, 0) is 6.42 Å². The number of para-hydroxylation sites is 1. The second kappa shape index (κ2) is 3.39. The van der Waals surface area contributed by atoms with Gasteiger partial charge in [-0.05, 0) is 18.1 Å². The second-order valence-corrected chi connectivity index (χ2v) is 5.74. The quantitative estimate of drug-likeness (QED) is 0.686. The number of fused-ring (bicyclic) bond motifs is 3. The third-order valence-electron chi connectivity index (χ3n) is 2.70. The maximum Gasteiger partial charge on any atom is 0.0899 e. The van der Waals surface area contributed by atoms with Crippen LogP contribution in [0.15, 0.2) is 29.3 Å². The lowest BCUT2D eigenvalue weighted by molar-refractivity contribution is 0.954. The highest BCUT2D eigenvalue weighted by Gasteiger charge is 2.21. The zero-order valence-electron chi connectivity index (χ0n) is 8.33. The van der Waals surface area contributed by atoms with E-state index in [1.165, 1.54) is 15.8 Å². The highest BCUT2D eigenvalue weighted by molar-refractivity contribution is 8.00. The summed E-state index contributed by atoms with van der Waals surface area (Å²) >= 11 is 8.05. The molecule has 3 heteroatoms. The van der Waals surface area contributed by atoms with E-state index in [4.69, 9.17) is 11.6 Å². The molecule has 1 aromatic carbocycles. The molecule has 76 valence electrons. The van der Waals surface area contributed by atoms with Crippen LogP contribution in [0.25, 0.3) is 10.9 Å². The summed E-state index contributed by atoms with van der Waals surface area (Å²) in [5, 5.41) is 2.61. The zero-order chi connectivity index (χ0) is 10.4. The number of halogens is 1. The van der Waals surface area contributed by atoms with Crippen LogP contribution in [0.1, 0.15) is 12.5 Å². The molecular formula is C12H10ClNS. The molecule has 1 aromatic heterocycles. The molecule has 0 aliphatic carbocycles. The Morgan fingerprint density at radius 1 is 1.47 bits per heavy atom. The summed E-state index contributed by atoms with van der Waals surface area (Å²) in [5.41, 5.74) is 2.29. The van der Waals surface area contributed by atoms with Gasteiger partial charge in [0.2, 0.25) is 0 Å². The van der Waals surface area contributed by atoms with Crippen molar-refractivity contribution in [2.24, 2.45) is 0 Å². The molecule has 0 saturated heterocycles. The topological polar surface area (TPSA) is 12.9 Å². The molecule has 0 N–H and O–H groups in total. The normalized spacial score (nSPS) is 19.5. The molecule has 0 fully saturated rings. The molecule has 3 rings (SSSR count). The van der Waals surface area contributed by atoms with E-state index in [9.17, 15) is 0 Å². The van der Waals surface area contributed by atoms with Crippen molar-refractivity contribution in [2.75, 3.05) is 0 Å². The molecular weight excluding hydrogens is 226 g/mol. The standard InChI is InChI=1S/C12H10ClNS/c1-7-5-8-6-14-11-9(12(8)15-7)3-2-4-10(11)13/h2-4,6-7H,5H2,1H3. The molecule has 1 aliphatic heterocycles. The first-order valence-electron chi connectivity index (χ1n) is 4.98. The fourth-order valence-corrected chi connectivity index (χ4v) is 3.51. The van der Waals surface area contributed by atoms with Gasteiger partial charge >= 0.3 is 0 Å². The smallest absolute Gasteiger partial charge is 0.0899 e. The average molecular weight is 236 g/mol. The number of nitrogens with zero attached hydrogens (tertiary/aromatic N) is 1. The number of aromatic nitrogens is 1. The fourth-order valence-electron chi connectivity index (χ4n) is 2.04. The number of rotatable bonds is 0. The van der Waals surface area contributed by atoms with Crippen LogP contribution in [0.2, 0.25) is 5.02 Å². The molecule has 0 spiro atoms. The van der Waals surface area contributed by atoms with Crippen LogP contribution >= 0.6 is 23.4 Å². The fraction of sp³-hybridized carbons (Fsp3) is 0.250. The van der Waals surface area contributed by atoms with Crippen molar-refractivity contribution >= 4 is 34.3 Å². The van der Waals surface area contributed by atoms with Crippen molar-refractivity contribution in [1.29, 1.82) is 0 Å². The van der Waals surface area contributed by atoms with Gasteiger partial charge in [0, 0.05) is 21.7 Å². The summed E-state index contributed by atoms with van der Waals surface area (Å²) < 4.78 is 0. The Balaban J connectivity index is 2.36. The third kappa shape index (κ3) is 1.44. The number of hydrogen-bond donors (Lipinski definition) is 0. The molecule has 0 radical (unpaired) electrons. The number of benzene rings is 1. The maximum absolute atomic E-state index is 6.12. The number of pyridine rings is 1.